The summed E-state index contributed by atoms with van der Waals surface area (Å²) in [7, 11) is -3.39. The monoisotopic (exact) mass is 298 g/mol. The number of carbonyl (C=O) groups is 1. The topological polar surface area (TPSA) is 95.5 Å². The third-order valence-corrected chi connectivity index (χ3v) is 5.07. The second kappa shape index (κ2) is 5.90. The number of anilines is 1. The Morgan fingerprint density at radius 2 is 2.15 bits per heavy atom. The van der Waals surface area contributed by atoms with E-state index in [0.717, 1.165) is 0 Å². The summed E-state index contributed by atoms with van der Waals surface area (Å²) in [6.45, 7) is 1.93. The first-order valence-electron chi connectivity index (χ1n) is 6.48. The lowest BCUT2D eigenvalue weighted by molar-refractivity contribution is -0.117. The van der Waals surface area contributed by atoms with Crippen LogP contribution in [0.2, 0.25) is 0 Å². The highest BCUT2D eigenvalue weighted by atomic mass is 32.2. The summed E-state index contributed by atoms with van der Waals surface area (Å²) >= 11 is 0. The molecule has 1 heterocycles. The van der Waals surface area contributed by atoms with Crippen molar-refractivity contribution in [1.82, 2.24) is 5.32 Å². The van der Waals surface area contributed by atoms with Crippen LogP contribution in [0.15, 0.2) is 29.2 Å². The van der Waals surface area contributed by atoms with Crippen molar-refractivity contribution in [3.8, 4) is 0 Å². The smallest absolute Gasteiger partial charge is 0.241 e. The Labute approximate surface area is 118 Å². The van der Waals surface area contributed by atoms with Gasteiger partial charge in [-0.25, -0.2) is 8.42 Å². The summed E-state index contributed by atoms with van der Waals surface area (Å²) in [4.78, 5) is 12.2. The zero-order chi connectivity index (χ0) is 14.8. The largest absolute Gasteiger partial charge is 0.392 e. The number of carbonyl (C=O) groups excluding carboxylic acids is 1. The molecule has 7 heteroatoms. The van der Waals surface area contributed by atoms with E-state index >= 15 is 0 Å². The van der Waals surface area contributed by atoms with Crippen LogP contribution in [0.3, 0.4) is 0 Å². The fourth-order valence-corrected chi connectivity index (χ4v) is 3.18. The predicted octanol–water partition coefficient (Wildman–Crippen LogP) is 0.142. The van der Waals surface area contributed by atoms with Crippen LogP contribution in [-0.4, -0.2) is 43.9 Å². The highest BCUT2D eigenvalue weighted by Gasteiger charge is 2.29. The van der Waals surface area contributed by atoms with Gasteiger partial charge in [0.1, 0.15) is 0 Å². The van der Waals surface area contributed by atoms with Crippen molar-refractivity contribution in [3.05, 3.63) is 24.3 Å². The fraction of sp³-hybridized carbons (Fsp3) is 0.462. The van der Waals surface area contributed by atoms with Crippen LogP contribution >= 0.6 is 0 Å². The van der Waals surface area contributed by atoms with Gasteiger partial charge in [0.05, 0.1) is 28.5 Å². The van der Waals surface area contributed by atoms with Crippen LogP contribution < -0.4 is 10.6 Å². The molecule has 2 atom stereocenters. The molecule has 1 aliphatic heterocycles. The molecule has 6 nitrogen and oxygen atoms in total. The van der Waals surface area contributed by atoms with Crippen molar-refractivity contribution in [2.75, 3.05) is 17.6 Å². The Kier molecular flexibility index (Phi) is 4.42. The summed E-state index contributed by atoms with van der Waals surface area (Å²) < 4.78 is 23.9. The van der Waals surface area contributed by atoms with E-state index in [4.69, 9.17) is 0 Å². The number of hydrogen-bond donors (Lipinski definition) is 3. The maximum Gasteiger partial charge on any atom is 0.241 e. The number of nitrogens with one attached hydrogen (secondary N) is 2. The Morgan fingerprint density at radius 3 is 2.75 bits per heavy atom. The molecule has 0 aromatic heterocycles. The van der Waals surface area contributed by atoms with E-state index in [9.17, 15) is 18.3 Å². The van der Waals surface area contributed by atoms with Crippen molar-refractivity contribution in [1.29, 1.82) is 0 Å². The summed E-state index contributed by atoms with van der Waals surface area (Å²) in [5.74, 6) is -0.361. The standard InChI is InChI=1S/C13H18N2O4S/c1-2-20(18,19)12-6-4-3-5-10(12)15-13(17)11-7-9(16)8-14-11/h3-6,9,11,14,16H,2,7-8H2,1H3,(H,15,17). The highest BCUT2D eigenvalue weighted by molar-refractivity contribution is 7.91. The molecule has 1 amide bonds. The second-order valence-corrected chi connectivity index (χ2v) is 6.99. The molecular weight excluding hydrogens is 280 g/mol. The quantitative estimate of drug-likeness (QED) is 0.735. The van der Waals surface area contributed by atoms with Gasteiger partial charge in [0.15, 0.2) is 9.84 Å². The maximum absolute atomic E-state index is 12.0. The third kappa shape index (κ3) is 3.17. The van der Waals surface area contributed by atoms with Gasteiger partial charge in [-0.15, -0.1) is 0 Å². The molecule has 0 spiro atoms. The fourth-order valence-electron chi connectivity index (χ4n) is 2.13. The maximum atomic E-state index is 12.0. The minimum Gasteiger partial charge on any atom is -0.392 e. The van der Waals surface area contributed by atoms with E-state index in [0.29, 0.717) is 13.0 Å². The lowest BCUT2D eigenvalue weighted by Crippen LogP contribution is -2.35. The van der Waals surface area contributed by atoms with Gasteiger partial charge in [-0.2, -0.15) is 0 Å². The number of aliphatic hydroxyl groups excluding tert-OH is 1. The average molecular weight is 298 g/mol. The summed E-state index contributed by atoms with van der Waals surface area (Å²) in [6, 6.07) is 5.83. The predicted molar refractivity (Wildman–Crippen MR) is 75.2 cm³/mol. The molecule has 0 saturated carbocycles. The van der Waals surface area contributed by atoms with Crippen molar-refractivity contribution in [3.63, 3.8) is 0 Å². The van der Waals surface area contributed by atoms with Crippen molar-refractivity contribution in [2.45, 2.75) is 30.4 Å². The Morgan fingerprint density at radius 1 is 1.45 bits per heavy atom. The number of aliphatic hydroxyl groups is 1. The molecule has 0 aliphatic carbocycles. The normalized spacial score (nSPS) is 22.7. The molecule has 1 aromatic rings. The van der Waals surface area contributed by atoms with Gasteiger partial charge in [0.2, 0.25) is 5.91 Å². The van der Waals surface area contributed by atoms with Crippen LogP contribution in [0, 0.1) is 0 Å². The van der Waals surface area contributed by atoms with Crippen LogP contribution in [0.5, 0.6) is 0 Å². The summed E-state index contributed by atoms with van der Waals surface area (Å²) in [6.07, 6.45) is -0.213. The minimum atomic E-state index is -3.39. The highest BCUT2D eigenvalue weighted by Crippen LogP contribution is 2.22. The number of hydrogen-bond acceptors (Lipinski definition) is 5. The van der Waals surface area contributed by atoms with E-state index in [2.05, 4.69) is 10.6 Å². The van der Waals surface area contributed by atoms with Crippen LogP contribution in [-0.2, 0) is 14.6 Å². The number of amides is 1. The molecule has 3 N–H and O–H groups in total. The van der Waals surface area contributed by atoms with Gasteiger partial charge < -0.3 is 15.7 Å². The van der Waals surface area contributed by atoms with Crippen LogP contribution in [0.1, 0.15) is 13.3 Å². The Bertz CT molecular complexity index is 600. The molecule has 1 aliphatic rings. The van der Waals surface area contributed by atoms with E-state index in [1.54, 1.807) is 25.1 Å². The van der Waals surface area contributed by atoms with Gasteiger partial charge >= 0.3 is 0 Å². The van der Waals surface area contributed by atoms with E-state index < -0.39 is 22.0 Å². The first-order valence-corrected chi connectivity index (χ1v) is 8.13. The second-order valence-electron chi connectivity index (χ2n) is 4.74. The zero-order valence-corrected chi connectivity index (χ0v) is 12.0. The molecular formula is C13H18N2O4S. The number of sulfone groups is 1. The van der Waals surface area contributed by atoms with Crippen LogP contribution in [0.25, 0.3) is 0 Å². The number of rotatable bonds is 4. The number of β-amino-alcohol motifs (C(OH)–C–C–N with tert-alkyl or cyclic N) is 1. The molecule has 0 bridgehead atoms. The molecule has 0 radical (unpaired) electrons. The first kappa shape index (κ1) is 15.0. The third-order valence-electron chi connectivity index (χ3n) is 3.28. The van der Waals surface area contributed by atoms with Gasteiger partial charge in [0.25, 0.3) is 0 Å². The van der Waals surface area contributed by atoms with Gasteiger partial charge in [-0.3, -0.25) is 4.79 Å². The summed E-state index contributed by atoms with van der Waals surface area (Å²) in [5.41, 5.74) is 0.280. The van der Waals surface area contributed by atoms with Crippen molar-refractivity contribution < 1.29 is 18.3 Å². The van der Waals surface area contributed by atoms with E-state index in [1.165, 1.54) is 6.07 Å². The SMILES string of the molecule is CCS(=O)(=O)c1ccccc1NC(=O)C1CC(O)CN1. The van der Waals surface area contributed by atoms with E-state index in [1.807, 2.05) is 0 Å². The van der Waals surface area contributed by atoms with E-state index in [-0.39, 0.29) is 22.2 Å². The van der Waals surface area contributed by atoms with Gasteiger partial charge in [-0.1, -0.05) is 19.1 Å². The molecule has 2 rings (SSSR count). The van der Waals surface area contributed by atoms with Crippen molar-refractivity contribution >= 4 is 21.4 Å². The molecule has 20 heavy (non-hydrogen) atoms. The first-order chi connectivity index (χ1) is 9.44. The van der Waals surface area contributed by atoms with Gasteiger partial charge in [0, 0.05) is 6.54 Å². The lowest BCUT2D eigenvalue weighted by Gasteiger charge is -2.14. The average Bonchev–Trinajstić information content (AvgIpc) is 2.86. The molecule has 1 saturated heterocycles. The zero-order valence-electron chi connectivity index (χ0n) is 11.2. The Balaban J connectivity index is 2.20. The molecule has 2 unspecified atom stereocenters. The van der Waals surface area contributed by atoms with Crippen molar-refractivity contribution in [2.24, 2.45) is 0 Å². The number of benzene rings is 1. The molecule has 1 fully saturated rings. The number of para-hydroxylation sites is 1. The molecule has 1 aromatic carbocycles. The summed E-state index contributed by atoms with van der Waals surface area (Å²) in [5, 5.41) is 14.9. The van der Waals surface area contributed by atoms with Gasteiger partial charge in [-0.05, 0) is 18.6 Å². The molecule has 110 valence electrons. The lowest BCUT2D eigenvalue weighted by atomic mass is 10.2. The van der Waals surface area contributed by atoms with Crippen LogP contribution in [0.4, 0.5) is 5.69 Å². The Hall–Kier alpha value is -1.44. The minimum absolute atomic E-state index is 0.0275.